The number of aliphatic imine (C=N–C) groups is 1. The van der Waals surface area contributed by atoms with Crippen LogP contribution in [0.2, 0.25) is 0 Å². The van der Waals surface area contributed by atoms with Crippen LogP contribution in [0.5, 0.6) is 0 Å². The van der Waals surface area contributed by atoms with Crippen molar-refractivity contribution in [3.63, 3.8) is 0 Å². The number of nitrogens with zero attached hydrogens (tertiary/aromatic N) is 1. The van der Waals surface area contributed by atoms with Crippen LogP contribution < -0.4 is 10.6 Å². The van der Waals surface area contributed by atoms with Crippen molar-refractivity contribution in [1.82, 2.24) is 10.6 Å². The fourth-order valence-corrected chi connectivity index (χ4v) is 3.41. The number of hydrogen-bond acceptors (Lipinski definition) is 2. The molecule has 2 aromatic carbocycles. The molecule has 2 aromatic rings. The number of benzene rings is 2. The molecule has 2 N–H and O–H groups in total. The van der Waals surface area contributed by atoms with Gasteiger partial charge < -0.3 is 10.6 Å². The zero-order valence-electron chi connectivity index (χ0n) is 14.3. The summed E-state index contributed by atoms with van der Waals surface area (Å²) < 4.78 is 12.2. The lowest BCUT2D eigenvalue weighted by atomic mass is 10.1. The van der Waals surface area contributed by atoms with Gasteiger partial charge in [0.1, 0.15) is 0 Å². The highest BCUT2D eigenvalue weighted by Crippen LogP contribution is 2.08. The van der Waals surface area contributed by atoms with Gasteiger partial charge in [-0.05, 0) is 29.7 Å². The minimum atomic E-state index is -0.992. The molecule has 1 atom stereocenters. The molecule has 0 fully saturated rings. The van der Waals surface area contributed by atoms with Crippen LogP contribution in [-0.2, 0) is 23.8 Å². The summed E-state index contributed by atoms with van der Waals surface area (Å²) in [6, 6.07) is 17.9. The van der Waals surface area contributed by atoms with Crippen molar-refractivity contribution in [3.05, 3.63) is 65.7 Å². The molecule has 0 aromatic heterocycles. The van der Waals surface area contributed by atoms with Crippen LogP contribution in [0.25, 0.3) is 0 Å². The van der Waals surface area contributed by atoms with Crippen LogP contribution in [-0.4, -0.2) is 29.5 Å². The first-order chi connectivity index (χ1) is 11.7. The predicted molar refractivity (Wildman–Crippen MR) is 102 cm³/mol. The summed E-state index contributed by atoms with van der Waals surface area (Å²) in [5, 5.41) is 6.54. The molecule has 24 heavy (non-hydrogen) atoms. The molecule has 0 aliphatic rings. The van der Waals surface area contributed by atoms with Gasteiger partial charge in [0.05, 0.1) is 10.8 Å². The normalized spacial score (nSPS) is 12.7. The molecule has 5 heteroatoms. The van der Waals surface area contributed by atoms with E-state index >= 15 is 0 Å². The average molecular weight is 343 g/mol. The molecule has 0 radical (unpaired) electrons. The fraction of sp³-hybridized carbons (Fsp3) is 0.316. The van der Waals surface area contributed by atoms with Crippen molar-refractivity contribution in [2.75, 3.05) is 19.3 Å². The lowest BCUT2D eigenvalue weighted by Crippen LogP contribution is -2.38. The summed E-state index contributed by atoms with van der Waals surface area (Å²) >= 11 is 0. The minimum Gasteiger partial charge on any atom is -0.355 e. The van der Waals surface area contributed by atoms with Crippen molar-refractivity contribution in [1.29, 1.82) is 0 Å². The van der Waals surface area contributed by atoms with E-state index in [-0.39, 0.29) is 0 Å². The van der Waals surface area contributed by atoms with Crippen LogP contribution in [0.3, 0.4) is 0 Å². The standard InChI is InChI=1S/C19H25N3OS/c1-3-16-9-7-8-10-17(16)15-22-19(20-2)21-13-14-24(23)18-11-5-4-6-12-18/h4-12H,3,13-15H2,1-2H3,(H2,20,21,22). The number of hydrogen-bond donors (Lipinski definition) is 2. The third kappa shape index (κ3) is 5.49. The first-order valence-corrected chi connectivity index (χ1v) is 9.51. The van der Waals surface area contributed by atoms with Gasteiger partial charge in [0.15, 0.2) is 5.96 Å². The van der Waals surface area contributed by atoms with Gasteiger partial charge in [-0.15, -0.1) is 0 Å². The molecule has 0 aliphatic heterocycles. The molecule has 0 saturated carbocycles. The van der Waals surface area contributed by atoms with Crippen molar-refractivity contribution < 1.29 is 4.21 Å². The molecular weight excluding hydrogens is 318 g/mol. The maximum Gasteiger partial charge on any atom is 0.191 e. The Bertz CT molecular complexity index is 686. The fourth-order valence-electron chi connectivity index (χ4n) is 2.43. The van der Waals surface area contributed by atoms with Gasteiger partial charge in [-0.3, -0.25) is 9.20 Å². The Morgan fingerprint density at radius 3 is 2.33 bits per heavy atom. The minimum absolute atomic E-state index is 0.552. The highest BCUT2D eigenvalue weighted by molar-refractivity contribution is 7.85. The molecule has 1 unspecified atom stereocenters. The predicted octanol–water partition coefficient (Wildman–Crippen LogP) is 2.72. The van der Waals surface area contributed by atoms with E-state index in [4.69, 9.17) is 0 Å². The zero-order valence-corrected chi connectivity index (χ0v) is 15.1. The first kappa shape index (κ1) is 18.2. The maximum atomic E-state index is 12.2. The molecule has 0 saturated heterocycles. The lowest BCUT2D eigenvalue weighted by molar-refractivity contribution is 0.681. The second-order valence-corrected chi connectivity index (χ2v) is 6.91. The van der Waals surface area contributed by atoms with Crippen LogP contribution in [0.1, 0.15) is 18.1 Å². The molecule has 0 aliphatic carbocycles. The third-order valence-corrected chi connectivity index (χ3v) is 5.13. The lowest BCUT2D eigenvalue weighted by Gasteiger charge is -2.13. The summed E-state index contributed by atoms with van der Waals surface area (Å²) in [6.45, 7) is 3.49. The van der Waals surface area contributed by atoms with Crippen LogP contribution >= 0.6 is 0 Å². The molecule has 128 valence electrons. The van der Waals surface area contributed by atoms with Crippen molar-refractivity contribution in [2.24, 2.45) is 4.99 Å². The molecular formula is C19H25N3OS. The van der Waals surface area contributed by atoms with E-state index in [1.54, 1.807) is 7.05 Å². The van der Waals surface area contributed by atoms with E-state index in [1.807, 2.05) is 30.3 Å². The van der Waals surface area contributed by atoms with Gasteiger partial charge >= 0.3 is 0 Å². The van der Waals surface area contributed by atoms with Crippen molar-refractivity contribution in [3.8, 4) is 0 Å². The molecule has 4 nitrogen and oxygen atoms in total. The van der Waals surface area contributed by atoms with Gasteiger partial charge in [-0.2, -0.15) is 0 Å². The summed E-state index contributed by atoms with van der Waals surface area (Å²) in [4.78, 5) is 5.08. The Hall–Kier alpha value is -2.14. The quantitative estimate of drug-likeness (QED) is 0.600. The van der Waals surface area contributed by atoms with Gasteiger partial charge in [-0.25, -0.2) is 0 Å². The van der Waals surface area contributed by atoms with E-state index in [0.29, 0.717) is 12.3 Å². The second kappa shape index (κ2) is 9.88. The van der Waals surface area contributed by atoms with Crippen molar-refractivity contribution >= 4 is 16.8 Å². The SMILES string of the molecule is CCc1ccccc1CNC(=NC)NCCS(=O)c1ccccc1. The first-order valence-electron chi connectivity index (χ1n) is 8.19. The summed E-state index contributed by atoms with van der Waals surface area (Å²) in [5.41, 5.74) is 2.61. The van der Waals surface area contributed by atoms with Crippen LogP contribution in [0.4, 0.5) is 0 Å². The average Bonchev–Trinajstić information content (AvgIpc) is 2.65. The smallest absolute Gasteiger partial charge is 0.191 e. The Morgan fingerprint density at radius 1 is 1.00 bits per heavy atom. The third-order valence-electron chi connectivity index (χ3n) is 3.76. The maximum absolute atomic E-state index is 12.2. The summed E-state index contributed by atoms with van der Waals surface area (Å²) in [6.07, 6.45) is 1.01. The highest BCUT2D eigenvalue weighted by Gasteiger charge is 2.05. The molecule has 0 spiro atoms. The number of nitrogens with one attached hydrogen (secondary N) is 2. The molecule has 0 bridgehead atoms. The zero-order chi connectivity index (χ0) is 17.2. The molecule has 2 rings (SSSR count). The Balaban J connectivity index is 1.79. The summed E-state index contributed by atoms with van der Waals surface area (Å²) in [7, 11) is 0.753. The van der Waals surface area contributed by atoms with Crippen LogP contribution in [0, 0.1) is 0 Å². The second-order valence-electron chi connectivity index (χ2n) is 5.34. The van der Waals surface area contributed by atoms with Crippen LogP contribution in [0.15, 0.2) is 64.5 Å². The number of aryl methyl sites for hydroxylation is 1. The van der Waals surface area contributed by atoms with E-state index in [1.165, 1.54) is 11.1 Å². The summed E-state index contributed by atoms with van der Waals surface area (Å²) in [5.74, 6) is 1.28. The van der Waals surface area contributed by atoms with Crippen molar-refractivity contribution in [2.45, 2.75) is 24.8 Å². The highest BCUT2D eigenvalue weighted by atomic mass is 32.2. The van der Waals surface area contributed by atoms with E-state index in [9.17, 15) is 4.21 Å². The van der Waals surface area contributed by atoms with Gasteiger partial charge in [0, 0.05) is 30.8 Å². The number of rotatable bonds is 7. The Morgan fingerprint density at radius 2 is 1.67 bits per heavy atom. The molecule has 0 amide bonds. The number of guanidine groups is 1. The van der Waals surface area contributed by atoms with E-state index in [2.05, 4.69) is 46.8 Å². The van der Waals surface area contributed by atoms with Gasteiger partial charge in [0.25, 0.3) is 0 Å². The van der Waals surface area contributed by atoms with Gasteiger partial charge in [-0.1, -0.05) is 49.4 Å². The Labute approximate surface area is 146 Å². The largest absolute Gasteiger partial charge is 0.355 e. The molecule has 0 heterocycles. The van der Waals surface area contributed by atoms with E-state index < -0.39 is 10.8 Å². The Kier molecular flexibility index (Phi) is 7.49. The van der Waals surface area contributed by atoms with Gasteiger partial charge in [0.2, 0.25) is 0 Å². The van der Waals surface area contributed by atoms with E-state index in [0.717, 1.165) is 23.8 Å². The monoisotopic (exact) mass is 343 g/mol. The topological polar surface area (TPSA) is 53.5 Å².